The summed E-state index contributed by atoms with van der Waals surface area (Å²) in [4.78, 5) is 14.0. The largest absolute Gasteiger partial charge is 0.346 e. The van der Waals surface area contributed by atoms with Crippen molar-refractivity contribution in [2.24, 2.45) is 7.05 Å². The van der Waals surface area contributed by atoms with Gasteiger partial charge in [0.15, 0.2) is 0 Å². The van der Waals surface area contributed by atoms with Gasteiger partial charge in [-0.25, -0.2) is 0 Å². The van der Waals surface area contributed by atoms with Gasteiger partial charge in [-0.15, -0.1) is 0 Å². The highest BCUT2D eigenvalue weighted by atomic mass is 127. The maximum absolute atomic E-state index is 12.1. The normalized spacial score (nSPS) is 16.8. The molecule has 15 heavy (non-hydrogen) atoms. The first-order chi connectivity index (χ1) is 7.18. The Morgan fingerprint density at radius 1 is 1.47 bits per heavy atom. The van der Waals surface area contributed by atoms with Crippen LogP contribution in [-0.4, -0.2) is 41.6 Å². The van der Waals surface area contributed by atoms with Crippen molar-refractivity contribution >= 4 is 28.5 Å². The van der Waals surface area contributed by atoms with Crippen LogP contribution >= 0.6 is 22.6 Å². The zero-order valence-corrected chi connectivity index (χ0v) is 10.8. The molecule has 0 saturated carbocycles. The number of nitrogens with one attached hydrogen (secondary N) is 1. The number of aryl methyl sites for hydroxylation is 1. The van der Waals surface area contributed by atoms with Gasteiger partial charge < -0.3 is 14.8 Å². The average molecular weight is 319 g/mol. The maximum atomic E-state index is 12.1. The van der Waals surface area contributed by atoms with Crippen LogP contribution in [0.4, 0.5) is 0 Å². The molecule has 1 aliphatic rings. The van der Waals surface area contributed by atoms with E-state index in [0.29, 0.717) is 0 Å². The van der Waals surface area contributed by atoms with Gasteiger partial charge in [0.25, 0.3) is 5.91 Å². The summed E-state index contributed by atoms with van der Waals surface area (Å²) in [6.07, 6.45) is 1.97. The monoisotopic (exact) mass is 319 g/mol. The summed E-state index contributed by atoms with van der Waals surface area (Å²) in [6, 6.07) is 1.94. The minimum atomic E-state index is 0.141. The zero-order chi connectivity index (χ0) is 10.8. The summed E-state index contributed by atoms with van der Waals surface area (Å²) in [7, 11) is 1.91. The van der Waals surface area contributed by atoms with E-state index in [2.05, 4.69) is 27.9 Å². The summed E-state index contributed by atoms with van der Waals surface area (Å²) in [5.41, 5.74) is 0.779. The fourth-order valence-corrected chi connectivity index (χ4v) is 2.48. The number of amides is 1. The lowest BCUT2D eigenvalue weighted by molar-refractivity contribution is 0.0726. The Balaban J connectivity index is 2.16. The van der Waals surface area contributed by atoms with Crippen LogP contribution in [0.3, 0.4) is 0 Å². The Morgan fingerprint density at radius 2 is 2.13 bits per heavy atom. The molecule has 1 N–H and O–H groups in total. The molecule has 2 rings (SSSR count). The van der Waals surface area contributed by atoms with E-state index >= 15 is 0 Å². The second-order valence-electron chi connectivity index (χ2n) is 3.70. The highest BCUT2D eigenvalue weighted by Gasteiger charge is 2.20. The molecule has 0 aromatic carbocycles. The predicted octanol–water partition coefficient (Wildman–Crippen LogP) is 0.675. The smallest absolute Gasteiger partial charge is 0.270 e. The van der Waals surface area contributed by atoms with Gasteiger partial charge in [0.2, 0.25) is 0 Å². The van der Waals surface area contributed by atoms with Crippen molar-refractivity contribution in [3.63, 3.8) is 0 Å². The van der Waals surface area contributed by atoms with Gasteiger partial charge in [-0.2, -0.15) is 0 Å². The molecule has 1 aromatic rings. The van der Waals surface area contributed by atoms with Gasteiger partial charge in [0.1, 0.15) is 5.69 Å². The lowest BCUT2D eigenvalue weighted by Gasteiger charge is -2.27. The second-order valence-corrected chi connectivity index (χ2v) is 4.94. The van der Waals surface area contributed by atoms with Gasteiger partial charge in [0.05, 0.1) is 0 Å². The third-order valence-corrected chi connectivity index (χ3v) is 3.18. The molecule has 1 fully saturated rings. The fourth-order valence-electron chi connectivity index (χ4n) is 1.77. The van der Waals surface area contributed by atoms with Crippen molar-refractivity contribution in [3.05, 3.63) is 21.5 Å². The molecule has 0 bridgehead atoms. The SMILES string of the molecule is Cn1cc(I)cc1C(=O)N1CCNCC1. The third-order valence-electron chi connectivity index (χ3n) is 2.59. The van der Waals surface area contributed by atoms with Crippen molar-refractivity contribution in [3.8, 4) is 0 Å². The van der Waals surface area contributed by atoms with Crippen molar-refractivity contribution < 1.29 is 4.79 Å². The third kappa shape index (κ3) is 2.34. The van der Waals surface area contributed by atoms with Gasteiger partial charge in [-0.1, -0.05) is 0 Å². The maximum Gasteiger partial charge on any atom is 0.270 e. The van der Waals surface area contributed by atoms with Crippen molar-refractivity contribution in [1.82, 2.24) is 14.8 Å². The second kappa shape index (κ2) is 4.52. The number of aromatic nitrogens is 1. The zero-order valence-electron chi connectivity index (χ0n) is 8.66. The molecule has 1 amide bonds. The summed E-state index contributed by atoms with van der Waals surface area (Å²) in [5.74, 6) is 0.141. The van der Waals surface area contributed by atoms with E-state index < -0.39 is 0 Å². The van der Waals surface area contributed by atoms with E-state index in [9.17, 15) is 4.79 Å². The molecule has 0 unspecified atom stereocenters. The fraction of sp³-hybridized carbons (Fsp3) is 0.500. The van der Waals surface area contributed by atoms with E-state index in [1.165, 1.54) is 0 Å². The number of halogens is 1. The Morgan fingerprint density at radius 3 is 2.67 bits per heavy atom. The van der Waals surface area contributed by atoms with E-state index in [1.54, 1.807) is 0 Å². The van der Waals surface area contributed by atoms with Crippen LogP contribution in [0.25, 0.3) is 0 Å². The van der Waals surface area contributed by atoms with Crippen molar-refractivity contribution in [2.45, 2.75) is 0 Å². The molecule has 2 heterocycles. The minimum Gasteiger partial charge on any atom is -0.346 e. The number of hydrogen-bond acceptors (Lipinski definition) is 2. The van der Waals surface area contributed by atoms with E-state index in [0.717, 1.165) is 35.4 Å². The van der Waals surface area contributed by atoms with Crippen molar-refractivity contribution in [2.75, 3.05) is 26.2 Å². The highest BCUT2D eigenvalue weighted by Crippen LogP contribution is 2.12. The number of carbonyl (C=O) groups excluding carboxylic acids is 1. The lowest BCUT2D eigenvalue weighted by Crippen LogP contribution is -2.46. The molecule has 1 saturated heterocycles. The topological polar surface area (TPSA) is 37.3 Å². The first kappa shape index (κ1) is 10.9. The van der Waals surface area contributed by atoms with Crippen molar-refractivity contribution in [1.29, 1.82) is 0 Å². The molecule has 1 aliphatic heterocycles. The predicted molar refractivity (Wildman–Crippen MR) is 66.9 cm³/mol. The van der Waals surface area contributed by atoms with Crippen LogP contribution in [0, 0.1) is 3.57 Å². The molecule has 0 spiro atoms. The van der Waals surface area contributed by atoms with E-state index in [4.69, 9.17) is 0 Å². The van der Waals surface area contributed by atoms with Crippen LogP contribution in [0.15, 0.2) is 12.3 Å². The first-order valence-electron chi connectivity index (χ1n) is 5.00. The lowest BCUT2D eigenvalue weighted by atomic mass is 10.3. The molecular formula is C10H14IN3O. The molecule has 0 atom stereocenters. The van der Waals surface area contributed by atoms with Crippen LogP contribution in [0.1, 0.15) is 10.5 Å². The molecule has 4 nitrogen and oxygen atoms in total. The Hall–Kier alpha value is -0.560. The molecule has 0 aliphatic carbocycles. The first-order valence-corrected chi connectivity index (χ1v) is 6.08. The number of carbonyl (C=O) groups is 1. The molecule has 0 radical (unpaired) electrons. The van der Waals surface area contributed by atoms with Crippen LogP contribution in [0.5, 0.6) is 0 Å². The Kier molecular flexibility index (Phi) is 3.30. The van der Waals surface area contributed by atoms with Gasteiger partial charge in [-0.05, 0) is 28.7 Å². The summed E-state index contributed by atoms with van der Waals surface area (Å²) >= 11 is 2.23. The van der Waals surface area contributed by atoms with Crippen LogP contribution in [-0.2, 0) is 7.05 Å². The summed E-state index contributed by atoms with van der Waals surface area (Å²) < 4.78 is 3.00. The molecule has 1 aromatic heterocycles. The average Bonchev–Trinajstić information content (AvgIpc) is 2.58. The van der Waals surface area contributed by atoms with Crippen LogP contribution in [0.2, 0.25) is 0 Å². The van der Waals surface area contributed by atoms with Gasteiger partial charge in [0, 0.05) is 43.0 Å². The molecular weight excluding hydrogens is 305 g/mol. The Bertz CT molecular complexity index is 369. The molecule has 5 heteroatoms. The minimum absolute atomic E-state index is 0.141. The highest BCUT2D eigenvalue weighted by molar-refractivity contribution is 14.1. The standard InChI is InChI=1S/C10H14IN3O/c1-13-7-8(11)6-9(13)10(15)14-4-2-12-3-5-14/h6-7,12H,2-5H2,1H3. The molecule has 82 valence electrons. The number of rotatable bonds is 1. The van der Waals surface area contributed by atoms with E-state index in [1.807, 2.05) is 28.8 Å². The number of piperazine rings is 1. The van der Waals surface area contributed by atoms with Gasteiger partial charge >= 0.3 is 0 Å². The number of nitrogens with zero attached hydrogens (tertiary/aromatic N) is 2. The van der Waals surface area contributed by atoms with Gasteiger partial charge in [-0.3, -0.25) is 4.79 Å². The van der Waals surface area contributed by atoms with Crippen LogP contribution < -0.4 is 5.32 Å². The number of hydrogen-bond donors (Lipinski definition) is 1. The van der Waals surface area contributed by atoms with E-state index in [-0.39, 0.29) is 5.91 Å². The summed E-state index contributed by atoms with van der Waals surface area (Å²) in [5, 5.41) is 3.24. The quantitative estimate of drug-likeness (QED) is 0.773. The Labute approximate surface area is 103 Å². The summed E-state index contributed by atoms with van der Waals surface area (Å²) in [6.45, 7) is 3.40.